The predicted molar refractivity (Wildman–Crippen MR) is 78.5 cm³/mol. The van der Waals surface area contributed by atoms with Crippen LogP contribution in [0.4, 0.5) is 5.69 Å². The Morgan fingerprint density at radius 1 is 1.25 bits per heavy atom. The number of aryl methyl sites for hydroxylation is 1. The van der Waals surface area contributed by atoms with Gasteiger partial charge in [-0.15, -0.1) is 0 Å². The van der Waals surface area contributed by atoms with Gasteiger partial charge in [-0.2, -0.15) is 4.98 Å². The van der Waals surface area contributed by atoms with Crippen LogP contribution in [0.5, 0.6) is 0 Å². The van der Waals surface area contributed by atoms with E-state index < -0.39 is 0 Å². The third-order valence-corrected chi connectivity index (χ3v) is 3.79. The molecule has 0 aromatic carbocycles. The molecule has 0 amide bonds. The van der Waals surface area contributed by atoms with Crippen molar-refractivity contribution in [3.8, 4) is 0 Å². The topological polar surface area (TPSA) is 58.3 Å². The minimum atomic E-state index is 0.693. The summed E-state index contributed by atoms with van der Waals surface area (Å²) < 4.78 is 6.17. The average Bonchev–Trinajstić information content (AvgIpc) is 2.85. The van der Waals surface area contributed by atoms with Gasteiger partial charge in [0.1, 0.15) is 0 Å². The molecule has 1 aliphatic heterocycles. The Balaban J connectivity index is 1.57. The lowest BCUT2D eigenvalue weighted by Gasteiger charge is -2.35. The van der Waals surface area contributed by atoms with Crippen LogP contribution in [0.2, 0.25) is 0 Å². The molecule has 2 aromatic heterocycles. The molecule has 1 fully saturated rings. The van der Waals surface area contributed by atoms with Crippen LogP contribution in [0.15, 0.2) is 27.5 Å². The van der Waals surface area contributed by atoms with Gasteiger partial charge in [-0.1, -0.05) is 5.16 Å². The Hall–Kier alpha value is -1.47. The maximum atomic E-state index is 5.16. The molecule has 106 valence electrons. The number of hydrogen-bond acceptors (Lipinski definition) is 6. The second-order valence-corrected chi connectivity index (χ2v) is 5.78. The second-order valence-electron chi connectivity index (χ2n) is 4.86. The Morgan fingerprint density at radius 2 is 2.05 bits per heavy atom. The normalized spacial score (nSPS) is 16.6. The standard InChI is InChI=1S/C13H16BrN5O/c1-10-16-13(20-17-10)9-18-2-4-19(5-3-18)12-6-11(14)7-15-8-12/h6-8H,2-5,9H2,1H3. The molecule has 0 unspecified atom stereocenters. The molecule has 0 N–H and O–H groups in total. The minimum absolute atomic E-state index is 0.693. The predicted octanol–water partition coefficient (Wildman–Crippen LogP) is 1.86. The summed E-state index contributed by atoms with van der Waals surface area (Å²) in [6.07, 6.45) is 3.71. The van der Waals surface area contributed by atoms with Gasteiger partial charge in [0.2, 0.25) is 5.89 Å². The van der Waals surface area contributed by atoms with Crippen molar-refractivity contribution >= 4 is 21.6 Å². The summed E-state index contributed by atoms with van der Waals surface area (Å²) in [5, 5.41) is 3.82. The summed E-state index contributed by atoms with van der Waals surface area (Å²) in [5.41, 5.74) is 1.16. The quantitative estimate of drug-likeness (QED) is 0.851. The maximum Gasteiger partial charge on any atom is 0.240 e. The molecule has 2 aromatic rings. The van der Waals surface area contributed by atoms with Crippen molar-refractivity contribution in [2.24, 2.45) is 0 Å². The van der Waals surface area contributed by atoms with Crippen LogP contribution >= 0.6 is 15.9 Å². The fourth-order valence-corrected chi connectivity index (χ4v) is 2.69. The molecule has 20 heavy (non-hydrogen) atoms. The number of pyridine rings is 1. The summed E-state index contributed by atoms with van der Waals surface area (Å²) in [6, 6.07) is 2.10. The highest BCUT2D eigenvalue weighted by atomic mass is 79.9. The zero-order valence-electron chi connectivity index (χ0n) is 11.3. The number of anilines is 1. The van der Waals surface area contributed by atoms with Gasteiger partial charge in [0, 0.05) is 36.8 Å². The Kier molecular flexibility index (Phi) is 3.98. The van der Waals surface area contributed by atoms with E-state index in [0.29, 0.717) is 11.7 Å². The highest BCUT2D eigenvalue weighted by molar-refractivity contribution is 9.10. The van der Waals surface area contributed by atoms with Crippen LogP contribution in [-0.2, 0) is 6.54 Å². The van der Waals surface area contributed by atoms with Gasteiger partial charge < -0.3 is 9.42 Å². The second kappa shape index (κ2) is 5.88. The van der Waals surface area contributed by atoms with Gasteiger partial charge in [0.25, 0.3) is 0 Å². The Labute approximate surface area is 125 Å². The third-order valence-electron chi connectivity index (χ3n) is 3.36. The highest BCUT2D eigenvalue weighted by Gasteiger charge is 2.19. The number of hydrogen-bond donors (Lipinski definition) is 0. The van der Waals surface area contributed by atoms with E-state index in [1.807, 2.05) is 13.1 Å². The minimum Gasteiger partial charge on any atom is -0.368 e. The zero-order valence-corrected chi connectivity index (χ0v) is 12.9. The van der Waals surface area contributed by atoms with Crippen LogP contribution in [0.1, 0.15) is 11.7 Å². The van der Waals surface area contributed by atoms with Crippen molar-refractivity contribution in [3.05, 3.63) is 34.6 Å². The number of aromatic nitrogens is 3. The molecule has 6 nitrogen and oxygen atoms in total. The molecule has 0 spiro atoms. The summed E-state index contributed by atoms with van der Waals surface area (Å²) in [7, 11) is 0. The van der Waals surface area contributed by atoms with E-state index in [0.717, 1.165) is 42.9 Å². The third kappa shape index (κ3) is 3.16. The van der Waals surface area contributed by atoms with Gasteiger partial charge >= 0.3 is 0 Å². The largest absolute Gasteiger partial charge is 0.368 e. The van der Waals surface area contributed by atoms with Crippen molar-refractivity contribution in [1.29, 1.82) is 0 Å². The molecule has 7 heteroatoms. The summed E-state index contributed by atoms with van der Waals surface area (Å²) in [4.78, 5) is 13.1. The van der Waals surface area contributed by atoms with Crippen LogP contribution in [-0.4, -0.2) is 46.2 Å². The van der Waals surface area contributed by atoms with Crippen LogP contribution in [0.3, 0.4) is 0 Å². The number of halogens is 1. The van der Waals surface area contributed by atoms with Crippen molar-refractivity contribution in [2.75, 3.05) is 31.1 Å². The molecule has 0 bridgehead atoms. The van der Waals surface area contributed by atoms with Gasteiger partial charge in [-0.05, 0) is 28.9 Å². The van der Waals surface area contributed by atoms with E-state index in [9.17, 15) is 0 Å². The van der Waals surface area contributed by atoms with E-state index in [1.54, 1.807) is 6.20 Å². The van der Waals surface area contributed by atoms with Gasteiger partial charge in [-0.25, -0.2) is 0 Å². The van der Waals surface area contributed by atoms with Crippen molar-refractivity contribution in [1.82, 2.24) is 20.0 Å². The number of nitrogens with zero attached hydrogens (tertiary/aromatic N) is 5. The van der Waals surface area contributed by atoms with Crippen molar-refractivity contribution < 1.29 is 4.52 Å². The molecule has 0 radical (unpaired) electrons. The smallest absolute Gasteiger partial charge is 0.240 e. The monoisotopic (exact) mass is 337 g/mol. The van der Waals surface area contributed by atoms with E-state index in [1.165, 1.54) is 0 Å². The first-order valence-electron chi connectivity index (χ1n) is 6.58. The van der Waals surface area contributed by atoms with E-state index in [2.05, 4.69) is 46.9 Å². The van der Waals surface area contributed by atoms with Gasteiger partial charge in [0.15, 0.2) is 5.82 Å². The summed E-state index contributed by atoms with van der Waals surface area (Å²) in [5.74, 6) is 1.39. The van der Waals surface area contributed by atoms with Crippen molar-refractivity contribution in [2.45, 2.75) is 13.5 Å². The first-order chi connectivity index (χ1) is 9.70. The molecule has 1 aliphatic rings. The lowest BCUT2D eigenvalue weighted by molar-refractivity contribution is 0.215. The van der Waals surface area contributed by atoms with Crippen LogP contribution in [0, 0.1) is 6.92 Å². The maximum absolute atomic E-state index is 5.16. The van der Waals surface area contributed by atoms with Crippen molar-refractivity contribution in [3.63, 3.8) is 0 Å². The molecule has 0 aliphatic carbocycles. The van der Waals surface area contributed by atoms with Crippen LogP contribution in [0.25, 0.3) is 0 Å². The SMILES string of the molecule is Cc1noc(CN2CCN(c3cncc(Br)c3)CC2)n1. The van der Waals surface area contributed by atoms with E-state index >= 15 is 0 Å². The number of rotatable bonds is 3. The fraction of sp³-hybridized carbons (Fsp3) is 0.462. The highest BCUT2D eigenvalue weighted by Crippen LogP contribution is 2.20. The number of piperazine rings is 1. The van der Waals surface area contributed by atoms with Crippen LogP contribution < -0.4 is 4.90 Å². The molecule has 3 rings (SSSR count). The fourth-order valence-electron chi connectivity index (χ4n) is 2.33. The molecule has 1 saturated heterocycles. The average molecular weight is 338 g/mol. The molecule has 0 atom stereocenters. The summed E-state index contributed by atoms with van der Waals surface area (Å²) in [6.45, 7) is 6.48. The molecular formula is C13H16BrN5O. The van der Waals surface area contributed by atoms with Gasteiger partial charge in [0.05, 0.1) is 18.4 Å². The molecular weight excluding hydrogens is 322 g/mol. The Morgan fingerprint density at radius 3 is 2.70 bits per heavy atom. The van der Waals surface area contributed by atoms with Gasteiger partial charge in [-0.3, -0.25) is 9.88 Å². The first-order valence-corrected chi connectivity index (χ1v) is 7.37. The summed E-state index contributed by atoms with van der Waals surface area (Å²) >= 11 is 3.46. The first kappa shape index (κ1) is 13.5. The zero-order chi connectivity index (χ0) is 13.9. The molecule has 3 heterocycles. The molecule has 0 saturated carbocycles. The van der Waals surface area contributed by atoms with E-state index in [4.69, 9.17) is 4.52 Å². The lowest BCUT2D eigenvalue weighted by atomic mass is 10.2. The lowest BCUT2D eigenvalue weighted by Crippen LogP contribution is -2.46. The van der Waals surface area contributed by atoms with E-state index in [-0.39, 0.29) is 0 Å². The Bertz CT molecular complexity index is 580.